The van der Waals surface area contributed by atoms with Crippen molar-refractivity contribution in [2.45, 2.75) is 6.92 Å². The number of nitrogens with one attached hydrogen (secondary N) is 4. The van der Waals surface area contributed by atoms with E-state index < -0.39 is 0 Å². The summed E-state index contributed by atoms with van der Waals surface area (Å²) in [4.78, 5) is 19.4. The van der Waals surface area contributed by atoms with E-state index >= 15 is 0 Å². The summed E-state index contributed by atoms with van der Waals surface area (Å²) in [5.74, 6) is 0.125. The van der Waals surface area contributed by atoms with Crippen molar-refractivity contribution in [2.24, 2.45) is 0 Å². The van der Waals surface area contributed by atoms with Crippen LogP contribution < -0.4 is 16.0 Å². The van der Waals surface area contributed by atoms with E-state index in [0.29, 0.717) is 28.6 Å². The van der Waals surface area contributed by atoms with Gasteiger partial charge in [0, 0.05) is 61.9 Å². The van der Waals surface area contributed by atoms with Gasteiger partial charge in [-0.2, -0.15) is 0 Å². The van der Waals surface area contributed by atoms with Crippen molar-refractivity contribution < 1.29 is 4.79 Å². The SMILES string of the molecule is CC(=N)c1c(NCCN2CCNCC2)ncc(C(=O)Nc2ccc(Cl)cc2)c1Cl. The van der Waals surface area contributed by atoms with Gasteiger partial charge in [-0.15, -0.1) is 0 Å². The van der Waals surface area contributed by atoms with Gasteiger partial charge >= 0.3 is 0 Å². The lowest BCUT2D eigenvalue weighted by Crippen LogP contribution is -2.45. The second-order valence-electron chi connectivity index (χ2n) is 6.81. The van der Waals surface area contributed by atoms with E-state index in [0.717, 1.165) is 32.7 Å². The Balaban J connectivity index is 1.72. The highest BCUT2D eigenvalue weighted by Gasteiger charge is 2.20. The van der Waals surface area contributed by atoms with Crippen LogP contribution in [0.3, 0.4) is 0 Å². The normalized spacial score (nSPS) is 14.4. The number of hydrogen-bond donors (Lipinski definition) is 4. The molecule has 29 heavy (non-hydrogen) atoms. The van der Waals surface area contributed by atoms with Crippen molar-refractivity contribution in [3.63, 3.8) is 0 Å². The van der Waals surface area contributed by atoms with Crippen molar-refractivity contribution in [1.82, 2.24) is 15.2 Å². The van der Waals surface area contributed by atoms with E-state index in [-0.39, 0.29) is 22.2 Å². The molecule has 9 heteroatoms. The van der Waals surface area contributed by atoms with Crippen molar-refractivity contribution in [2.75, 3.05) is 49.9 Å². The van der Waals surface area contributed by atoms with E-state index in [1.807, 2.05) is 0 Å². The molecule has 0 saturated carbocycles. The Morgan fingerprint density at radius 1 is 1.24 bits per heavy atom. The lowest BCUT2D eigenvalue weighted by Gasteiger charge is -2.27. The highest BCUT2D eigenvalue weighted by molar-refractivity contribution is 6.38. The Bertz CT molecular complexity index is 881. The number of hydrogen-bond acceptors (Lipinski definition) is 6. The fourth-order valence-corrected chi connectivity index (χ4v) is 3.61. The Kier molecular flexibility index (Phi) is 7.44. The van der Waals surface area contributed by atoms with Gasteiger partial charge in [0.25, 0.3) is 5.91 Å². The first-order valence-corrected chi connectivity index (χ1v) is 10.2. The zero-order chi connectivity index (χ0) is 20.8. The van der Waals surface area contributed by atoms with Crippen molar-refractivity contribution in [3.8, 4) is 0 Å². The van der Waals surface area contributed by atoms with Crippen molar-refractivity contribution in [3.05, 3.63) is 51.6 Å². The molecule has 1 aromatic heterocycles. The molecule has 1 aliphatic heterocycles. The minimum Gasteiger partial charge on any atom is -0.368 e. The van der Waals surface area contributed by atoms with Crippen LogP contribution in [0, 0.1) is 5.41 Å². The van der Waals surface area contributed by atoms with Crippen LogP contribution in [-0.2, 0) is 0 Å². The molecule has 154 valence electrons. The van der Waals surface area contributed by atoms with Crippen LogP contribution >= 0.6 is 23.2 Å². The molecule has 1 aliphatic rings. The predicted octanol–water partition coefficient (Wildman–Crippen LogP) is 3.35. The summed E-state index contributed by atoms with van der Waals surface area (Å²) < 4.78 is 0. The van der Waals surface area contributed by atoms with E-state index in [2.05, 4.69) is 25.8 Å². The van der Waals surface area contributed by atoms with Gasteiger partial charge in [-0.25, -0.2) is 4.98 Å². The average Bonchev–Trinajstić information content (AvgIpc) is 2.70. The third-order valence-electron chi connectivity index (χ3n) is 4.67. The Hall–Kier alpha value is -2.19. The van der Waals surface area contributed by atoms with E-state index in [1.54, 1.807) is 31.2 Å². The second-order valence-corrected chi connectivity index (χ2v) is 7.63. The number of nitrogens with zero attached hydrogens (tertiary/aromatic N) is 2. The van der Waals surface area contributed by atoms with Crippen molar-refractivity contribution in [1.29, 1.82) is 5.41 Å². The second kappa shape index (κ2) is 10.0. The van der Waals surface area contributed by atoms with E-state index in [9.17, 15) is 4.79 Å². The lowest BCUT2D eigenvalue weighted by atomic mass is 10.1. The summed E-state index contributed by atoms with van der Waals surface area (Å²) in [7, 11) is 0. The number of carbonyl (C=O) groups excluding carboxylic acids is 1. The topological polar surface area (TPSA) is 93.1 Å². The summed E-state index contributed by atoms with van der Waals surface area (Å²) in [6, 6.07) is 6.79. The summed E-state index contributed by atoms with van der Waals surface area (Å²) in [5.41, 5.74) is 1.50. The molecule has 2 heterocycles. The number of rotatable bonds is 7. The molecule has 0 spiro atoms. The third-order valence-corrected chi connectivity index (χ3v) is 5.31. The standard InChI is InChI=1S/C20H24Cl2N6O/c1-13(23)17-18(22)16(20(29)27-15-4-2-14(21)3-5-15)12-26-19(17)25-8-11-28-9-6-24-7-10-28/h2-5,12,23-24H,6-11H2,1H3,(H,25,26)(H,27,29). The van der Waals surface area contributed by atoms with Crippen LogP contribution in [0.4, 0.5) is 11.5 Å². The molecule has 0 bridgehead atoms. The first kappa shape index (κ1) is 21.5. The summed E-state index contributed by atoms with van der Waals surface area (Å²) in [5, 5.41) is 18.3. The zero-order valence-corrected chi connectivity index (χ0v) is 17.7. The number of aromatic nitrogens is 1. The van der Waals surface area contributed by atoms with E-state index in [1.165, 1.54) is 6.20 Å². The summed E-state index contributed by atoms with van der Waals surface area (Å²) in [6.07, 6.45) is 1.44. The average molecular weight is 435 g/mol. The van der Waals surface area contributed by atoms with Crippen LogP contribution in [0.1, 0.15) is 22.8 Å². The van der Waals surface area contributed by atoms with Crippen LogP contribution in [0.2, 0.25) is 10.0 Å². The molecule has 1 aromatic carbocycles. The molecule has 0 unspecified atom stereocenters. The van der Waals surface area contributed by atoms with Crippen molar-refractivity contribution >= 4 is 46.3 Å². The quantitative estimate of drug-likeness (QED) is 0.501. The van der Waals surface area contributed by atoms with Crippen LogP contribution in [-0.4, -0.2) is 60.8 Å². The molecule has 0 atom stereocenters. The number of pyridine rings is 1. The Morgan fingerprint density at radius 2 is 1.93 bits per heavy atom. The third kappa shape index (κ3) is 5.67. The molecule has 1 saturated heterocycles. The maximum absolute atomic E-state index is 12.7. The van der Waals surface area contributed by atoms with Gasteiger partial charge in [0.05, 0.1) is 16.1 Å². The minimum absolute atomic E-state index is 0.212. The van der Waals surface area contributed by atoms with Gasteiger partial charge in [0.1, 0.15) is 5.82 Å². The molecular formula is C20H24Cl2N6O. The molecule has 0 aliphatic carbocycles. The van der Waals surface area contributed by atoms with Gasteiger partial charge in [-0.3, -0.25) is 9.69 Å². The van der Waals surface area contributed by atoms with Crippen LogP contribution in [0.5, 0.6) is 0 Å². The Morgan fingerprint density at radius 3 is 2.59 bits per heavy atom. The molecule has 2 aromatic rings. The molecule has 0 radical (unpaired) electrons. The fraction of sp³-hybridized carbons (Fsp3) is 0.350. The number of halogens is 2. The van der Waals surface area contributed by atoms with Crippen LogP contribution in [0.15, 0.2) is 30.5 Å². The van der Waals surface area contributed by atoms with Gasteiger partial charge in [0.15, 0.2) is 0 Å². The first-order valence-electron chi connectivity index (χ1n) is 9.43. The van der Waals surface area contributed by atoms with Gasteiger partial charge in [-0.1, -0.05) is 23.2 Å². The lowest BCUT2D eigenvalue weighted by molar-refractivity contribution is 0.102. The number of amides is 1. The van der Waals surface area contributed by atoms with E-state index in [4.69, 9.17) is 28.6 Å². The molecule has 4 N–H and O–H groups in total. The van der Waals surface area contributed by atoms with Crippen LogP contribution in [0.25, 0.3) is 0 Å². The fourth-order valence-electron chi connectivity index (χ4n) is 3.12. The number of carbonyl (C=O) groups is 1. The highest BCUT2D eigenvalue weighted by Crippen LogP contribution is 2.27. The monoisotopic (exact) mass is 434 g/mol. The molecule has 7 nitrogen and oxygen atoms in total. The number of piperazine rings is 1. The molecule has 1 amide bonds. The van der Waals surface area contributed by atoms with Gasteiger partial charge in [-0.05, 0) is 31.2 Å². The summed E-state index contributed by atoms with van der Waals surface area (Å²) in [6.45, 7) is 7.19. The van der Waals surface area contributed by atoms with Gasteiger partial charge < -0.3 is 21.4 Å². The predicted molar refractivity (Wildman–Crippen MR) is 119 cm³/mol. The molecule has 3 rings (SSSR count). The maximum atomic E-state index is 12.7. The largest absolute Gasteiger partial charge is 0.368 e. The number of benzene rings is 1. The summed E-state index contributed by atoms with van der Waals surface area (Å²) >= 11 is 12.4. The Labute approximate surface area is 180 Å². The molecular weight excluding hydrogens is 411 g/mol. The van der Waals surface area contributed by atoms with Gasteiger partial charge in [0.2, 0.25) is 0 Å². The minimum atomic E-state index is -0.389. The smallest absolute Gasteiger partial charge is 0.258 e. The zero-order valence-electron chi connectivity index (χ0n) is 16.2. The first-order chi connectivity index (χ1) is 14.0. The number of anilines is 2. The molecule has 1 fully saturated rings. The maximum Gasteiger partial charge on any atom is 0.258 e. The highest BCUT2D eigenvalue weighted by atomic mass is 35.5.